The minimum Gasteiger partial charge on any atom is -0.486 e. The first-order valence-corrected chi connectivity index (χ1v) is 12.3. The number of nitrogens with one attached hydrogen (secondary N) is 2. The Morgan fingerprint density at radius 1 is 0.882 bits per heavy atom. The van der Waals surface area contributed by atoms with E-state index >= 15 is 0 Å². The number of hydrogen-bond donors (Lipinski definition) is 2. The van der Waals surface area contributed by atoms with Gasteiger partial charge in [-0.1, -0.05) is 59.6 Å². The predicted octanol–water partition coefficient (Wildman–Crippen LogP) is 7.19. The van der Waals surface area contributed by atoms with Crippen molar-refractivity contribution in [1.82, 2.24) is 10.3 Å². The molecule has 3 aromatic carbocycles. The van der Waals surface area contributed by atoms with E-state index in [4.69, 9.17) is 16.3 Å². The fraction of sp³-hybridized carbons (Fsp3) is 0.276. The Kier molecular flexibility index (Phi) is 8.78. The summed E-state index contributed by atoms with van der Waals surface area (Å²) in [7, 11) is 0. The smallest absolute Gasteiger partial charge is 0.124 e. The molecule has 34 heavy (non-hydrogen) atoms. The van der Waals surface area contributed by atoms with Crippen molar-refractivity contribution in [3.8, 4) is 5.75 Å². The van der Waals surface area contributed by atoms with Crippen molar-refractivity contribution in [3.63, 3.8) is 0 Å². The van der Waals surface area contributed by atoms with Crippen LogP contribution in [0.1, 0.15) is 36.5 Å². The van der Waals surface area contributed by atoms with Gasteiger partial charge in [-0.05, 0) is 81.2 Å². The maximum absolute atomic E-state index is 6.34. The molecular weight excluding hydrogens is 442 g/mol. The molecule has 5 heteroatoms. The van der Waals surface area contributed by atoms with Crippen LogP contribution in [0.4, 0.5) is 5.69 Å². The quantitative estimate of drug-likeness (QED) is 0.214. The number of halogens is 1. The van der Waals surface area contributed by atoms with Crippen LogP contribution in [0.25, 0.3) is 10.9 Å². The van der Waals surface area contributed by atoms with Crippen molar-refractivity contribution in [2.45, 2.75) is 32.3 Å². The van der Waals surface area contributed by atoms with Gasteiger partial charge in [0, 0.05) is 28.8 Å². The molecule has 0 fully saturated rings. The lowest BCUT2D eigenvalue weighted by atomic mass is 10.0. The molecule has 0 aliphatic rings. The third kappa shape index (κ3) is 6.96. The highest BCUT2D eigenvalue weighted by molar-refractivity contribution is 6.31. The van der Waals surface area contributed by atoms with Crippen molar-refractivity contribution in [2.75, 3.05) is 25.0 Å². The summed E-state index contributed by atoms with van der Waals surface area (Å²) in [6.45, 7) is 4.93. The summed E-state index contributed by atoms with van der Waals surface area (Å²) in [6, 6.07) is 26.6. The first-order chi connectivity index (χ1) is 16.7. The van der Waals surface area contributed by atoms with Crippen LogP contribution in [-0.2, 0) is 0 Å². The van der Waals surface area contributed by atoms with E-state index in [-0.39, 0.29) is 6.10 Å². The molecule has 1 heterocycles. The second kappa shape index (κ2) is 12.4. The normalized spacial score (nSPS) is 11.9. The highest BCUT2D eigenvalue weighted by Crippen LogP contribution is 2.26. The molecule has 1 unspecified atom stereocenters. The Morgan fingerprint density at radius 3 is 2.50 bits per heavy atom. The minimum absolute atomic E-state index is 0.0563. The van der Waals surface area contributed by atoms with Gasteiger partial charge in [-0.15, -0.1) is 0 Å². The van der Waals surface area contributed by atoms with E-state index in [1.165, 1.54) is 11.1 Å². The Balaban J connectivity index is 1.19. The average molecular weight is 474 g/mol. The molecule has 176 valence electrons. The molecule has 2 N–H and O–H groups in total. The van der Waals surface area contributed by atoms with Crippen molar-refractivity contribution in [2.24, 2.45) is 0 Å². The number of rotatable bonds is 12. The molecular formula is C29H32ClN3O. The van der Waals surface area contributed by atoms with Crippen LogP contribution in [0.2, 0.25) is 5.02 Å². The van der Waals surface area contributed by atoms with Crippen LogP contribution in [0.5, 0.6) is 5.75 Å². The van der Waals surface area contributed by atoms with Gasteiger partial charge in [-0.3, -0.25) is 4.98 Å². The molecule has 0 aliphatic carbocycles. The lowest BCUT2D eigenvalue weighted by molar-refractivity contribution is 0.191. The van der Waals surface area contributed by atoms with Crippen molar-refractivity contribution in [3.05, 3.63) is 101 Å². The number of nitrogens with zero attached hydrogens (tertiary/aromatic N) is 1. The van der Waals surface area contributed by atoms with Crippen LogP contribution in [0.15, 0.2) is 85.1 Å². The van der Waals surface area contributed by atoms with Gasteiger partial charge in [0.1, 0.15) is 11.9 Å². The number of aryl methyl sites for hydroxylation is 1. The molecule has 4 rings (SSSR count). The maximum atomic E-state index is 6.34. The number of aromatic nitrogens is 1. The zero-order valence-corrected chi connectivity index (χ0v) is 20.4. The fourth-order valence-corrected chi connectivity index (χ4v) is 4.16. The molecule has 0 bridgehead atoms. The number of benzene rings is 3. The first kappa shape index (κ1) is 24.1. The molecule has 1 aromatic heterocycles. The largest absolute Gasteiger partial charge is 0.486 e. The highest BCUT2D eigenvalue weighted by atomic mass is 35.5. The third-order valence-electron chi connectivity index (χ3n) is 5.84. The molecule has 0 spiro atoms. The molecule has 0 saturated carbocycles. The average Bonchev–Trinajstić information content (AvgIpc) is 2.86. The SMILES string of the molecule is Cc1ccc(OC(CCCNCCCNc2ccnc3cc(Cl)ccc23)c2ccccc2)cc1. The third-order valence-corrected chi connectivity index (χ3v) is 6.08. The van der Waals surface area contributed by atoms with E-state index in [1.54, 1.807) is 0 Å². The first-order valence-electron chi connectivity index (χ1n) is 12.0. The molecule has 4 aromatic rings. The van der Waals surface area contributed by atoms with Gasteiger partial charge < -0.3 is 15.4 Å². The molecule has 1 atom stereocenters. The Labute approximate surface area is 207 Å². The standard InChI is InChI=1S/C29H32ClN3O/c1-22-10-13-25(14-11-22)34-29(23-7-3-2-4-8-23)9-5-17-31-18-6-19-32-27-16-20-33-28-21-24(30)12-15-26(27)28/h2-4,7-8,10-16,20-21,29,31H,5-6,9,17-19H2,1H3,(H,32,33). The second-order valence-corrected chi connectivity index (χ2v) is 8.96. The van der Waals surface area contributed by atoms with E-state index in [1.807, 2.05) is 36.5 Å². The molecule has 0 aliphatic heterocycles. The van der Waals surface area contributed by atoms with Crippen LogP contribution < -0.4 is 15.4 Å². The number of anilines is 1. The summed E-state index contributed by atoms with van der Waals surface area (Å²) in [5, 5.41) is 8.90. The van der Waals surface area contributed by atoms with Crippen LogP contribution in [-0.4, -0.2) is 24.6 Å². The van der Waals surface area contributed by atoms with Crippen LogP contribution >= 0.6 is 11.6 Å². The maximum Gasteiger partial charge on any atom is 0.124 e. The van der Waals surface area contributed by atoms with E-state index in [0.717, 1.165) is 61.2 Å². The molecule has 0 amide bonds. The Hall–Kier alpha value is -3.08. The van der Waals surface area contributed by atoms with Crippen LogP contribution in [0, 0.1) is 6.92 Å². The Morgan fingerprint density at radius 2 is 1.68 bits per heavy atom. The summed E-state index contributed by atoms with van der Waals surface area (Å²) in [6.07, 6.45) is 4.94. The predicted molar refractivity (Wildman–Crippen MR) is 143 cm³/mol. The van der Waals surface area contributed by atoms with Gasteiger partial charge >= 0.3 is 0 Å². The lowest BCUT2D eigenvalue weighted by Gasteiger charge is -2.20. The highest BCUT2D eigenvalue weighted by Gasteiger charge is 2.13. The Bertz CT molecular complexity index is 1170. The van der Waals surface area contributed by atoms with Crippen LogP contribution in [0.3, 0.4) is 0 Å². The summed E-state index contributed by atoms with van der Waals surface area (Å²) in [5.41, 5.74) is 4.47. The lowest BCUT2D eigenvalue weighted by Crippen LogP contribution is -2.20. The van der Waals surface area contributed by atoms with Gasteiger partial charge in [0.25, 0.3) is 0 Å². The molecule has 0 radical (unpaired) electrons. The zero-order valence-electron chi connectivity index (χ0n) is 19.6. The summed E-state index contributed by atoms with van der Waals surface area (Å²) in [5.74, 6) is 0.921. The van der Waals surface area contributed by atoms with E-state index in [0.29, 0.717) is 5.02 Å². The summed E-state index contributed by atoms with van der Waals surface area (Å²) >= 11 is 6.08. The van der Waals surface area contributed by atoms with Gasteiger partial charge in [0.15, 0.2) is 0 Å². The van der Waals surface area contributed by atoms with Gasteiger partial charge in [0.2, 0.25) is 0 Å². The monoisotopic (exact) mass is 473 g/mol. The van der Waals surface area contributed by atoms with E-state index in [2.05, 4.69) is 71.1 Å². The number of pyridine rings is 1. The summed E-state index contributed by atoms with van der Waals surface area (Å²) in [4.78, 5) is 4.40. The van der Waals surface area contributed by atoms with Gasteiger partial charge in [-0.25, -0.2) is 0 Å². The van der Waals surface area contributed by atoms with Gasteiger partial charge in [-0.2, -0.15) is 0 Å². The zero-order chi connectivity index (χ0) is 23.6. The fourth-order valence-electron chi connectivity index (χ4n) is 3.99. The number of ether oxygens (including phenoxy) is 1. The van der Waals surface area contributed by atoms with E-state index < -0.39 is 0 Å². The van der Waals surface area contributed by atoms with Crippen molar-refractivity contribution >= 4 is 28.2 Å². The second-order valence-electron chi connectivity index (χ2n) is 8.52. The van der Waals surface area contributed by atoms with Gasteiger partial charge in [0.05, 0.1) is 5.52 Å². The topological polar surface area (TPSA) is 46.2 Å². The molecule has 4 nitrogen and oxygen atoms in total. The van der Waals surface area contributed by atoms with E-state index in [9.17, 15) is 0 Å². The van der Waals surface area contributed by atoms with Crippen molar-refractivity contribution in [1.29, 1.82) is 0 Å². The van der Waals surface area contributed by atoms with Crippen molar-refractivity contribution < 1.29 is 4.74 Å². The number of hydrogen-bond acceptors (Lipinski definition) is 4. The summed E-state index contributed by atoms with van der Waals surface area (Å²) < 4.78 is 6.34. The number of fused-ring (bicyclic) bond motifs is 1. The molecule has 0 saturated heterocycles. The minimum atomic E-state index is 0.0563.